The standard InChI is InChI=1S/C34H39NO3/c1-37-34(36)23-10-3-2-9-18-29-20-14-21-30(32(29)27-35)24-25-31-19-11-12-22-33(31)38-26-13-5-8-17-28-15-6-4-7-16-28/h4,6-7,11-12,14-16,19-22,24-25H,2-3,5,8-10,13,17-18,23,26H2,1H3. The van der Waals surface area contributed by atoms with Gasteiger partial charge in [0, 0.05) is 12.0 Å². The molecule has 3 aromatic rings. The maximum Gasteiger partial charge on any atom is 0.305 e. The first-order valence-corrected chi connectivity index (χ1v) is 13.7. The number of benzene rings is 3. The molecular formula is C34H39NO3. The summed E-state index contributed by atoms with van der Waals surface area (Å²) < 4.78 is 10.8. The molecule has 0 saturated carbocycles. The Bertz CT molecular complexity index is 1190. The van der Waals surface area contributed by atoms with E-state index in [0.717, 1.165) is 85.8 Å². The molecule has 0 fully saturated rings. The number of hydrogen-bond acceptors (Lipinski definition) is 4. The molecule has 0 atom stereocenters. The molecule has 0 radical (unpaired) electrons. The van der Waals surface area contributed by atoms with Crippen LogP contribution in [0.25, 0.3) is 12.2 Å². The maximum atomic E-state index is 11.2. The monoisotopic (exact) mass is 509 g/mol. The summed E-state index contributed by atoms with van der Waals surface area (Å²) in [7, 11) is 1.42. The van der Waals surface area contributed by atoms with E-state index < -0.39 is 0 Å². The number of nitriles is 1. The first-order chi connectivity index (χ1) is 18.7. The van der Waals surface area contributed by atoms with Gasteiger partial charge >= 0.3 is 5.97 Å². The molecule has 38 heavy (non-hydrogen) atoms. The molecule has 0 aromatic heterocycles. The fourth-order valence-corrected chi connectivity index (χ4v) is 4.51. The highest BCUT2D eigenvalue weighted by atomic mass is 16.5. The van der Waals surface area contributed by atoms with Crippen molar-refractivity contribution < 1.29 is 14.3 Å². The number of para-hydroxylation sites is 1. The van der Waals surface area contributed by atoms with E-state index in [1.54, 1.807) is 0 Å². The van der Waals surface area contributed by atoms with Crippen LogP contribution in [-0.2, 0) is 22.4 Å². The van der Waals surface area contributed by atoms with Gasteiger partial charge in [-0.15, -0.1) is 0 Å². The van der Waals surface area contributed by atoms with Gasteiger partial charge in [0.15, 0.2) is 0 Å². The summed E-state index contributed by atoms with van der Waals surface area (Å²) in [6, 6.07) is 27.1. The fraction of sp³-hybridized carbons (Fsp3) is 0.353. The fourth-order valence-electron chi connectivity index (χ4n) is 4.51. The molecule has 0 aliphatic rings. The van der Waals surface area contributed by atoms with Crippen LogP contribution in [0, 0.1) is 11.3 Å². The highest BCUT2D eigenvalue weighted by molar-refractivity contribution is 5.75. The second kappa shape index (κ2) is 16.8. The van der Waals surface area contributed by atoms with E-state index in [0.29, 0.717) is 13.0 Å². The number of aryl methyl sites for hydroxylation is 2. The molecule has 0 aliphatic heterocycles. The number of unbranched alkanes of at least 4 members (excludes halogenated alkanes) is 5. The van der Waals surface area contributed by atoms with E-state index >= 15 is 0 Å². The second-order valence-corrected chi connectivity index (χ2v) is 9.50. The molecule has 0 saturated heterocycles. The van der Waals surface area contributed by atoms with E-state index in [4.69, 9.17) is 4.74 Å². The molecule has 4 nitrogen and oxygen atoms in total. The number of hydrogen-bond donors (Lipinski definition) is 0. The molecule has 0 bridgehead atoms. The first kappa shape index (κ1) is 28.7. The van der Waals surface area contributed by atoms with Crippen molar-refractivity contribution in [3.8, 4) is 11.8 Å². The van der Waals surface area contributed by atoms with Crippen LogP contribution in [0.2, 0.25) is 0 Å². The van der Waals surface area contributed by atoms with Crippen molar-refractivity contribution in [3.63, 3.8) is 0 Å². The summed E-state index contributed by atoms with van der Waals surface area (Å²) in [6.45, 7) is 0.693. The third-order valence-electron chi connectivity index (χ3n) is 6.67. The number of nitrogens with zero attached hydrogens (tertiary/aromatic N) is 1. The average Bonchev–Trinajstić information content (AvgIpc) is 2.96. The van der Waals surface area contributed by atoms with Gasteiger partial charge in [-0.2, -0.15) is 5.26 Å². The second-order valence-electron chi connectivity index (χ2n) is 9.50. The Morgan fingerprint density at radius 3 is 2.26 bits per heavy atom. The molecule has 0 amide bonds. The zero-order valence-electron chi connectivity index (χ0n) is 22.5. The number of methoxy groups -OCH3 is 1. The van der Waals surface area contributed by atoms with Gasteiger partial charge in [0.05, 0.1) is 19.3 Å². The zero-order chi connectivity index (χ0) is 26.8. The van der Waals surface area contributed by atoms with Gasteiger partial charge in [-0.3, -0.25) is 4.79 Å². The molecule has 0 unspecified atom stereocenters. The summed E-state index contributed by atoms with van der Waals surface area (Å²) in [5.41, 5.74) is 5.13. The summed E-state index contributed by atoms with van der Waals surface area (Å²) in [5.74, 6) is 0.718. The smallest absolute Gasteiger partial charge is 0.305 e. The predicted molar refractivity (Wildman–Crippen MR) is 155 cm³/mol. The van der Waals surface area contributed by atoms with Crippen LogP contribution < -0.4 is 4.74 Å². The van der Waals surface area contributed by atoms with Gasteiger partial charge in [0.25, 0.3) is 0 Å². The van der Waals surface area contributed by atoms with Crippen LogP contribution in [0.3, 0.4) is 0 Å². The summed E-state index contributed by atoms with van der Waals surface area (Å²) in [4.78, 5) is 11.2. The Hall–Kier alpha value is -3.84. The highest BCUT2D eigenvalue weighted by Gasteiger charge is 2.07. The van der Waals surface area contributed by atoms with E-state index in [1.807, 2.05) is 54.6 Å². The Labute approximate surface area is 227 Å². The van der Waals surface area contributed by atoms with Crippen LogP contribution in [-0.4, -0.2) is 19.7 Å². The minimum Gasteiger partial charge on any atom is -0.493 e. The van der Waals surface area contributed by atoms with Crippen LogP contribution in [0.1, 0.15) is 79.2 Å². The molecule has 3 rings (SSSR count). The lowest BCUT2D eigenvalue weighted by atomic mass is 9.96. The van der Waals surface area contributed by atoms with Crippen LogP contribution >= 0.6 is 0 Å². The van der Waals surface area contributed by atoms with E-state index in [2.05, 4.69) is 41.1 Å². The molecule has 3 aromatic carbocycles. The molecule has 0 aliphatic carbocycles. The maximum absolute atomic E-state index is 11.2. The summed E-state index contributed by atoms with van der Waals surface area (Å²) in [5, 5.41) is 9.88. The zero-order valence-corrected chi connectivity index (χ0v) is 22.5. The van der Waals surface area contributed by atoms with Crippen molar-refractivity contribution in [3.05, 3.63) is 101 Å². The largest absolute Gasteiger partial charge is 0.493 e. The molecule has 0 N–H and O–H groups in total. The Balaban J connectivity index is 1.50. The van der Waals surface area contributed by atoms with E-state index in [1.165, 1.54) is 12.7 Å². The third-order valence-corrected chi connectivity index (χ3v) is 6.67. The van der Waals surface area contributed by atoms with Crippen molar-refractivity contribution in [1.29, 1.82) is 5.26 Å². The van der Waals surface area contributed by atoms with Gasteiger partial charge in [0.1, 0.15) is 11.8 Å². The number of carbonyl (C=O) groups excluding carboxylic acids is 1. The average molecular weight is 510 g/mol. The summed E-state index contributed by atoms with van der Waals surface area (Å²) in [6.07, 6.45) is 13.7. The Morgan fingerprint density at radius 2 is 1.45 bits per heavy atom. The van der Waals surface area contributed by atoms with Gasteiger partial charge in [0.2, 0.25) is 0 Å². The van der Waals surface area contributed by atoms with Gasteiger partial charge < -0.3 is 9.47 Å². The molecule has 0 spiro atoms. The summed E-state index contributed by atoms with van der Waals surface area (Å²) >= 11 is 0. The topological polar surface area (TPSA) is 59.3 Å². The van der Waals surface area contributed by atoms with Crippen molar-refractivity contribution in [2.24, 2.45) is 0 Å². The number of carbonyl (C=O) groups is 1. The lowest BCUT2D eigenvalue weighted by molar-refractivity contribution is -0.140. The van der Waals surface area contributed by atoms with Gasteiger partial charge in [-0.25, -0.2) is 0 Å². The lowest BCUT2D eigenvalue weighted by Crippen LogP contribution is -1.99. The minimum absolute atomic E-state index is 0.151. The number of rotatable bonds is 16. The number of ether oxygens (including phenoxy) is 2. The van der Waals surface area contributed by atoms with Crippen LogP contribution in [0.4, 0.5) is 0 Å². The minimum atomic E-state index is -0.151. The van der Waals surface area contributed by atoms with Crippen molar-refractivity contribution in [2.45, 2.75) is 64.2 Å². The lowest BCUT2D eigenvalue weighted by Gasteiger charge is -2.10. The molecule has 4 heteroatoms. The van der Waals surface area contributed by atoms with Crippen molar-refractivity contribution in [2.75, 3.05) is 13.7 Å². The van der Waals surface area contributed by atoms with Crippen LogP contribution in [0.15, 0.2) is 72.8 Å². The SMILES string of the molecule is COC(=O)CCCCCCc1cccc(C=Cc2ccccc2OCCCCCc2ccccc2)c1C#N. The Kier molecular flexibility index (Phi) is 12.7. The highest BCUT2D eigenvalue weighted by Crippen LogP contribution is 2.24. The van der Waals surface area contributed by atoms with Crippen molar-refractivity contribution in [1.82, 2.24) is 0 Å². The Morgan fingerprint density at radius 1 is 0.763 bits per heavy atom. The molecule has 0 heterocycles. The van der Waals surface area contributed by atoms with Gasteiger partial charge in [-0.1, -0.05) is 91.7 Å². The third kappa shape index (κ3) is 9.90. The van der Waals surface area contributed by atoms with E-state index in [-0.39, 0.29) is 5.97 Å². The quantitative estimate of drug-likeness (QED) is 0.111. The van der Waals surface area contributed by atoms with Crippen molar-refractivity contribution >= 4 is 18.1 Å². The molecular weight excluding hydrogens is 470 g/mol. The first-order valence-electron chi connectivity index (χ1n) is 13.7. The van der Waals surface area contributed by atoms with Gasteiger partial charge in [-0.05, 0) is 67.7 Å². The molecule has 198 valence electrons. The van der Waals surface area contributed by atoms with Crippen LogP contribution in [0.5, 0.6) is 5.75 Å². The normalized spacial score (nSPS) is 10.8. The number of esters is 1. The van der Waals surface area contributed by atoms with E-state index in [9.17, 15) is 10.1 Å². The predicted octanol–water partition coefficient (Wildman–Crippen LogP) is 8.19.